The van der Waals surface area contributed by atoms with Crippen LogP contribution in [0.25, 0.3) is 0 Å². The second kappa shape index (κ2) is 5.35. The van der Waals surface area contributed by atoms with Crippen molar-refractivity contribution in [3.05, 3.63) is 57.6 Å². The van der Waals surface area contributed by atoms with Gasteiger partial charge < -0.3 is 9.47 Å². The highest BCUT2D eigenvalue weighted by molar-refractivity contribution is 9.10. The fraction of sp³-hybridized carbons (Fsp3) is 0.294. The molecule has 0 radical (unpaired) electrons. The molecule has 3 nitrogen and oxygen atoms in total. The van der Waals surface area contributed by atoms with Crippen LogP contribution >= 0.6 is 15.9 Å². The highest BCUT2D eigenvalue weighted by Crippen LogP contribution is 2.36. The quantitative estimate of drug-likeness (QED) is 0.827. The van der Waals surface area contributed by atoms with Gasteiger partial charge in [-0.15, -0.1) is 0 Å². The first-order valence-electron chi connectivity index (χ1n) is 7.16. The van der Waals surface area contributed by atoms with E-state index in [1.807, 2.05) is 0 Å². The molecule has 2 aliphatic heterocycles. The van der Waals surface area contributed by atoms with E-state index in [1.165, 1.54) is 16.7 Å². The summed E-state index contributed by atoms with van der Waals surface area (Å²) in [5.41, 5.74) is 4.11. The number of nitrogens with zero attached hydrogens (tertiary/aromatic N) is 1. The number of halogens is 1. The largest absolute Gasteiger partial charge is 0.454 e. The van der Waals surface area contributed by atoms with Crippen LogP contribution in [0.2, 0.25) is 0 Å². The third-order valence-corrected chi connectivity index (χ3v) is 4.63. The highest BCUT2D eigenvalue weighted by Gasteiger charge is 2.22. The van der Waals surface area contributed by atoms with Crippen LogP contribution in [0.5, 0.6) is 11.5 Å². The molecular formula is C17H16BrNO2. The van der Waals surface area contributed by atoms with Crippen LogP contribution in [0.1, 0.15) is 16.7 Å². The molecule has 0 amide bonds. The molecule has 4 heteroatoms. The van der Waals surface area contributed by atoms with Crippen molar-refractivity contribution in [2.75, 3.05) is 13.3 Å². The summed E-state index contributed by atoms with van der Waals surface area (Å²) < 4.78 is 12.1. The number of fused-ring (bicyclic) bond motifs is 2. The Bertz CT molecular complexity index is 669. The average Bonchev–Trinajstić information content (AvgIpc) is 2.94. The maximum absolute atomic E-state index is 5.49. The summed E-state index contributed by atoms with van der Waals surface area (Å²) >= 11 is 3.48. The molecular weight excluding hydrogens is 330 g/mol. The van der Waals surface area contributed by atoms with Crippen molar-refractivity contribution >= 4 is 15.9 Å². The van der Waals surface area contributed by atoms with Gasteiger partial charge in [-0.05, 0) is 47.4 Å². The van der Waals surface area contributed by atoms with Gasteiger partial charge >= 0.3 is 0 Å². The molecule has 0 saturated carbocycles. The van der Waals surface area contributed by atoms with Crippen LogP contribution in [0.3, 0.4) is 0 Å². The molecule has 0 spiro atoms. The van der Waals surface area contributed by atoms with Crippen molar-refractivity contribution in [3.63, 3.8) is 0 Å². The molecule has 21 heavy (non-hydrogen) atoms. The summed E-state index contributed by atoms with van der Waals surface area (Å²) in [5.74, 6) is 1.79. The molecule has 0 aliphatic carbocycles. The van der Waals surface area contributed by atoms with E-state index in [2.05, 4.69) is 57.2 Å². The molecule has 0 N–H and O–H groups in total. The van der Waals surface area contributed by atoms with Crippen molar-refractivity contribution in [2.24, 2.45) is 0 Å². The molecule has 108 valence electrons. The molecule has 2 aromatic rings. The third kappa shape index (κ3) is 2.65. The molecule has 0 unspecified atom stereocenters. The van der Waals surface area contributed by atoms with Gasteiger partial charge in [0.2, 0.25) is 6.79 Å². The Hall–Kier alpha value is -1.52. The monoisotopic (exact) mass is 345 g/mol. The Morgan fingerprint density at radius 3 is 2.48 bits per heavy atom. The number of hydrogen-bond donors (Lipinski definition) is 0. The Morgan fingerprint density at radius 1 is 1.00 bits per heavy atom. The van der Waals surface area contributed by atoms with Gasteiger partial charge in [0, 0.05) is 24.1 Å². The van der Waals surface area contributed by atoms with Crippen molar-refractivity contribution in [1.82, 2.24) is 4.90 Å². The lowest BCUT2D eigenvalue weighted by molar-refractivity contribution is 0.174. The van der Waals surface area contributed by atoms with Crippen LogP contribution in [0.4, 0.5) is 0 Å². The molecule has 0 fully saturated rings. The normalized spacial score (nSPS) is 16.8. The number of benzene rings is 2. The van der Waals surface area contributed by atoms with Crippen LogP contribution in [-0.4, -0.2) is 18.2 Å². The van der Waals surface area contributed by atoms with Crippen molar-refractivity contribution in [3.8, 4) is 11.5 Å². The molecule has 2 heterocycles. The van der Waals surface area contributed by atoms with Crippen molar-refractivity contribution in [1.29, 1.82) is 0 Å². The standard InChI is InChI=1S/C17H16BrNO2/c18-15-3-1-12(2-4-15)9-19-6-5-13-7-16-17(21-11-20-16)8-14(13)10-19/h1-4,7-8H,5-6,9-11H2. The van der Waals surface area contributed by atoms with Crippen molar-refractivity contribution in [2.45, 2.75) is 19.5 Å². The Labute approximate surface area is 132 Å². The maximum atomic E-state index is 5.49. The van der Waals surface area contributed by atoms with Gasteiger partial charge in [0.25, 0.3) is 0 Å². The molecule has 4 rings (SSSR count). The zero-order chi connectivity index (χ0) is 14.2. The number of rotatable bonds is 2. The van der Waals surface area contributed by atoms with Gasteiger partial charge in [-0.2, -0.15) is 0 Å². The van der Waals surface area contributed by atoms with Gasteiger partial charge in [0.1, 0.15) is 0 Å². The van der Waals surface area contributed by atoms with E-state index in [1.54, 1.807) is 0 Å². The van der Waals surface area contributed by atoms with Gasteiger partial charge in [0.15, 0.2) is 11.5 Å². The first-order valence-corrected chi connectivity index (χ1v) is 7.95. The minimum Gasteiger partial charge on any atom is -0.454 e. The van der Waals surface area contributed by atoms with Crippen LogP contribution < -0.4 is 9.47 Å². The summed E-state index contributed by atoms with van der Waals surface area (Å²) in [6.07, 6.45) is 1.07. The molecule has 0 atom stereocenters. The lowest BCUT2D eigenvalue weighted by atomic mass is 9.98. The minimum absolute atomic E-state index is 0.348. The topological polar surface area (TPSA) is 21.7 Å². The predicted octanol–water partition coefficient (Wildman–Crippen LogP) is 3.74. The van der Waals surface area contributed by atoms with Crippen LogP contribution in [-0.2, 0) is 19.5 Å². The van der Waals surface area contributed by atoms with E-state index in [-0.39, 0.29) is 0 Å². The van der Waals surface area contributed by atoms with Crippen molar-refractivity contribution < 1.29 is 9.47 Å². The fourth-order valence-corrected chi connectivity index (χ4v) is 3.25. The average molecular weight is 346 g/mol. The number of hydrogen-bond acceptors (Lipinski definition) is 3. The van der Waals surface area contributed by atoms with E-state index >= 15 is 0 Å². The smallest absolute Gasteiger partial charge is 0.231 e. The Morgan fingerprint density at radius 2 is 1.71 bits per heavy atom. The lowest BCUT2D eigenvalue weighted by Gasteiger charge is -2.29. The summed E-state index contributed by atoms with van der Waals surface area (Å²) in [5, 5.41) is 0. The maximum Gasteiger partial charge on any atom is 0.231 e. The summed E-state index contributed by atoms with van der Waals surface area (Å²) in [7, 11) is 0. The summed E-state index contributed by atoms with van der Waals surface area (Å²) in [6.45, 7) is 3.40. The van der Waals surface area contributed by atoms with Gasteiger partial charge in [-0.25, -0.2) is 0 Å². The van der Waals surface area contributed by atoms with E-state index in [9.17, 15) is 0 Å². The fourth-order valence-electron chi connectivity index (χ4n) is 2.99. The Balaban J connectivity index is 1.52. The zero-order valence-electron chi connectivity index (χ0n) is 11.6. The lowest BCUT2D eigenvalue weighted by Crippen LogP contribution is -2.29. The summed E-state index contributed by atoms with van der Waals surface area (Å²) in [4.78, 5) is 2.48. The molecule has 0 aromatic heterocycles. The first kappa shape index (κ1) is 13.2. The van der Waals surface area contributed by atoms with Gasteiger partial charge in [-0.1, -0.05) is 28.1 Å². The van der Waals surface area contributed by atoms with E-state index < -0.39 is 0 Å². The van der Waals surface area contributed by atoms with Crippen LogP contribution in [0, 0.1) is 0 Å². The van der Waals surface area contributed by atoms with Gasteiger partial charge in [-0.3, -0.25) is 4.90 Å². The first-order chi connectivity index (χ1) is 10.3. The second-order valence-electron chi connectivity index (χ2n) is 5.56. The van der Waals surface area contributed by atoms with Gasteiger partial charge in [0.05, 0.1) is 0 Å². The molecule has 2 aliphatic rings. The third-order valence-electron chi connectivity index (χ3n) is 4.11. The predicted molar refractivity (Wildman–Crippen MR) is 84.5 cm³/mol. The number of ether oxygens (including phenoxy) is 2. The van der Waals surface area contributed by atoms with Crippen LogP contribution in [0.15, 0.2) is 40.9 Å². The zero-order valence-corrected chi connectivity index (χ0v) is 13.2. The summed E-state index contributed by atoms with van der Waals surface area (Å²) in [6, 6.07) is 12.9. The van der Waals surface area contributed by atoms with E-state index in [0.29, 0.717) is 6.79 Å². The molecule has 0 saturated heterocycles. The Kier molecular flexibility index (Phi) is 3.36. The SMILES string of the molecule is Brc1ccc(CN2CCc3cc4c(cc3C2)OCO4)cc1. The molecule has 0 bridgehead atoms. The van der Waals surface area contributed by atoms with E-state index in [4.69, 9.17) is 9.47 Å². The highest BCUT2D eigenvalue weighted by atomic mass is 79.9. The van der Waals surface area contributed by atoms with E-state index in [0.717, 1.165) is 42.0 Å². The minimum atomic E-state index is 0.348. The molecule has 2 aromatic carbocycles. The second-order valence-corrected chi connectivity index (χ2v) is 6.48.